The molecule has 0 amide bonds. The summed E-state index contributed by atoms with van der Waals surface area (Å²) in [5.74, 6) is 0.333. The number of fused-ring (bicyclic) bond motifs is 8. The number of nitrogens with zero attached hydrogens (tertiary/aromatic N) is 2. The molecular formula is C26H33N3O5. The Morgan fingerprint density at radius 3 is 2.91 bits per heavy atom. The third kappa shape index (κ3) is 2.63. The van der Waals surface area contributed by atoms with Crippen molar-refractivity contribution in [2.75, 3.05) is 6.61 Å². The zero-order chi connectivity index (χ0) is 24.0. The van der Waals surface area contributed by atoms with Gasteiger partial charge in [0, 0.05) is 19.3 Å². The Morgan fingerprint density at radius 2 is 2.15 bits per heavy atom. The summed E-state index contributed by atoms with van der Waals surface area (Å²) in [7, 11) is 0. The third-order valence-electron chi connectivity index (χ3n) is 9.97. The molecule has 2 N–H and O–H groups in total. The number of aliphatic hydroxyl groups is 1. The minimum atomic E-state index is -1.12. The second kappa shape index (κ2) is 7.03. The van der Waals surface area contributed by atoms with Crippen LogP contribution in [0.3, 0.4) is 0 Å². The Bertz CT molecular complexity index is 1140. The van der Waals surface area contributed by atoms with Crippen molar-refractivity contribution in [1.82, 2.24) is 10.2 Å². The van der Waals surface area contributed by atoms with Crippen LogP contribution in [0.15, 0.2) is 16.8 Å². The van der Waals surface area contributed by atoms with E-state index in [2.05, 4.69) is 30.1 Å². The van der Waals surface area contributed by atoms with Gasteiger partial charge in [0.2, 0.25) is 5.78 Å². The van der Waals surface area contributed by atoms with E-state index in [1.165, 1.54) is 18.1 Å². The SMILES string of the molecule is CC(=O)OCC(=O)[C@@]12N=C(C)O[C@@H]1C[C@H]1[C@@H]3CCC4=Cc5[nH]ncc5C[C@]4(C)[C@H]3[C@@H](O)C[C@@]12C. The molecule has 2 heterocycles. The van der Waals surface area contributed by atoms with Crippen molar-refractivity contribution in [3.63, 3.8) is 0 Å². The normalized spacial score (nSPS) is 43.9. The standard InChI is InChI=1S/C26H33N3O5/c1-13-28-26(21(32)12-33-14(2)30)22(34-13)8-18-17-6-5-16-7-19-15(11-27-29-19)9-24(16,3)23(17)20(31)10-25(18,26)4/h7,11,17-18,20,22-23,31H,5-6,8-10,12H2,1-4H3,(H,27,29)/t17-,18-,20-,22+,23+,24-,25-,26+/m0/s1. The quantitative estimate of drug-likeness (QED) is 0.661. The Labute approximate surface area is 199 Å². The van der Waals surface area contributed by atoms with Crippen LogP contribution in [-0.2, 0) is 25.5 Å². The number of aromatic nitrogens is 2. The maximum Gasteiger partial charge on any atom is 0.303 e. The first-order valence-corrected chi connectivity index (χ1v) is 12.4. The average Bonchev–Trinajstić information content (AvgIpc) is 3.41. The highest BCUT2D eigenvalue weighted by molar-refractivity contribution is 5.97. The van der Waals surface area contributed by atoms with E-state index < -0.39 is 23.0 Å². The molecule has 3 fully saturated rings. The number of allylic oxidation sites excluding steroid dienone is 1. The van der Waals surface area contributed by atoms with Crippen LogP contribution in [0.1, 0.15) is 64.6 Å². The molecule has 0 saturated heterocycles. The number of ketones is 1. The largest absolute Gasteiger partial charge is 0.475 e. The van der Waals surface area contributed by atoms with E-state index in [-0.39, 0.29) is 41.7 Å². The number of carbonyl (C=O) groups is 2. The molecular weight excluding hydrogens is 434 g/mol. The predicted molar refractivity (Wildman–Crippen MR) is 124 cm³/mol. The molecule has 1 aromatic heterocycles. The van der Waals surface area contributed by atoms with Gasteiger partial charge >= 0.3 is 5.97 Å². The number of aromatic amines is 1. The maximum atomic E-state index is 13.7. The highest BCUT2D eigenvalue weighted by atomic mass is 16.5. The Balaban J connectivity index is 1.40. The summed E-state index contributed by atoms with van der Waals surface area (Å²) in [6.07, 6.45) is 7.20. The van der Waals surface area contributed by atoms with E-state index in [1.54, 1.807) is 6.92 Å². The average molecular weight is 468 g/mol. The molecule has 6 rings (SSSR count). The maximum absolute atomic E-state index is 13.7. The molecule has 0 unspecified atom stereocenters. The minimum Gasteiger partial charge on any atom is -0.475 e. The number of Topliss-reactive ketones (excluding diaryl/α,β-unsaturated/α-hetero) is 1. The zero-order valence-electron chi connectivity index (χ0n) is 20.3. The number of H-pyrrole nitrogens is 1. The first-order chi connectivity index (χ1) is 16.1. The Hall–Kier alpha value is -2.48. The van der Waals surface area contributed by atoms with Gasteiger partial charge in [-0.15, -0.1) is 0 Å². The van der Waals surface area contributed by atoms with E-state index in [9.17, 15) is 14.7 Å². The molecule has 0 radical (unpaired) electrons. The van der Waals surface area contributed by atoms with Gasteiger partial charge in [0.1, 0.15) is 6.10 Å². The lowest BCUT2D eigenvalue weighted by Crippen LogP contribution is -2.62. The highest BCUT2D eigenvalue weighted by Crippen LogP contribution is 2.69. The van der Waals surface area contributed by atoms with Gasteiger partial charge in [-0.05, 0) is 66.9 Å². The predicted octanol–water partition coefficient (Wildman–Crippen LogP) is 2.86. The zero-order valence-corrected chi connectivity index (χ0v) is 20.3. The molecule has 5 aliphatic rings. The van der Waals surface area contributed by atoms with E-state index in [0.717, 1.165) is 31.4 Å². The van der Waals surface area contributed by atoms with Crippen molar-refractivity contribution in [3.8, 4) is 0 Å². The summed E-state index contributed by atoms with van der Waals surface area (Å²) in [5, 5.41) is 19.1. The van der Waals surface area contributed by atoms with Gasteiger partial charge in [-0.2, -0.15) is 5.10 Å². The van der Waals surface area contributed by atoms with E-state index in [4.69, 9.17) is 14.5 Å². The number of hydrogen-bond acceptors (Lipinski definition) is 7. The lowest BCUT2D eigenvalue weighted by Gasteiger charge is -2.60. The van der Waals surface area contributed by atoms with Gasteiger partial charge in [-0.3, -0.25) is 14.7 Å². The van der Waals surface area contributed by atoms with Crippen molar-refractivity contribution in [2.45, 2.75) is 77.5 Å². The highest BCUT2D eigenvalue weighted by Gasteiger charge is 2.74. The Morgan fingerprint density at radius 1 is 1.35 bits per heavy atom. The topological polar surface area (TPSA) is 114 Å². The minimum absolute atomic E-state index is 0.0955. The van der Waals surface area contributed by atoms with Gasteiger partial charge in [0.15, 0.2) is 18.0 Å². The molecule has 8 atom stereocenters. The van der Waals surface area contributed by atoms with Gasteiger partial charge in [0.25, 0.3) is 0 Å². The van der Waals surface area contributed by atoms with Crippen LogP contribution >= 0.6 is 0 Å². The fourth-order valence-electron chi connectivity index (χ4n) is 8.74. The summed E-state index contributed by atoms with van der Waals surface area (Å²) in [5.41, 5.74) is 1.84. The molecule has 0 aromatic carbocycles. The number of hydrogen-bond donors (Lipinski definition) is 2. The molecule has 8 nitrogen and oxygen atoms in total. The molecule has 0 bridgehead atoms. The van der Waals surface area contributed by atoms with Crippen molar-refractivity contribution in [3.05, 3.63) is 23.0 Å². The smallest absolute Gasteiger partial charge is 0.303 e. The van der Waals surface area contributed by atoms with E-state index in [1.807, 2.05) is 6.20 Å². The lowest BCUT2D eigenvalue weighted by atomic mass is 9.45. The van der Waals surface area contributed by atoms with Crippen LogP contribution in [0.4, 0.5) is 0 Å². The van der Waals surface area contributed by atoms with Crippen LogP contribution in [0.25, 0.3) is 6.08 Å². The fourth-order valence-corrected chi connectivity index (χ4v) is 8.74. The molecule has 1 aromatic rings. The second-order valence-corrected chi connectivity index (χ2v) is 11.5. The van der Waals surface area contributed by atoms with Gasteiger partial charge in [-0.25, -0.2) is 4.99 Å². The van der Waals surface area contributed by atoms with Crippen LogP contribution in [-0.4, -0.2) is 57.3 Å². The Kier molecular flexibility index (Phi) is 4.55. The number of esters is 1. The van der Waals surface area contributed by atoms with Crippen molar-refractivity contribution >= 4 is 23.7 Å². The molecule has 0 spiro atoms. The molecule has 182 valence electrons. The number of nitrogens with one attached hydrogen (secondary N) is 1. The number of aliphatic imine (C=N–C) groups is 1. The summed E-state index contributed by atoms with van der Waals surface area (Å²) in [6.45, 7) is 7.18. The van der Waals surface area contributed by atoms with Gasteiger partial charge in [-0.1, -0.05) is 19.4 Å². The molecule has 4 aliphatic carbocycles. The fraction of sp³-hybridized carbons (Fsp3) is 0.692. The van der Waals surface area contributed by atoms with Crippen molar-refractivity contribution in [2.24, 2.45) is 33.6 Å². The van der Waals surface area contributed by atoms with Crippen LogP contribution in [0, 0.1) is 28.6 Å². The monoisotopic (exact) mass is 467 g/mol. The molecule has 3 saturated carbocycles. The van der Waals surface area contributed by atoms with Crippen molar-refractivity contribution < 1.29 is 24.2 Å². The van der Waals surface area contributed by atoms with Crippen LogP contribution < -0.4 is 0 Å². The first kappa shape index (κ1) is 22.0. The number of ether oxygens (including phenoxy) is 2. The number of rotatable bonds is 3. The first-order valence-electron chi connectivity index (χ1n) is 12.4. The summed E-state index contributed by atoms with van der Waals surface area (Å²) >= 11 is 0. The number of carbonyl (C=O) groups excluding carboxylic acids is 2. The van der Waals surface area contributed by atoms with Gasteiger partial charge < -0.3 is 14.6 Å². The molecule has 1 aliphatic heterocycles. The second-order valence-electron chi connectivity index (χ2n) is 11.5. The lowest BCUT2D eigenvalue weighted by molar-refractivity contribution is -0.156. The third-order valence-corrected chi connectivity index (χ3v) is 9.97. The van der Waals surface area contributed by atoms with E-state index >= 15 is 0 Å². The summed E-state index contributed by atoms with van der Waals surface area (Å²) in [4.78, 5) is 30.0. The molecule has 34 heavy (non-hydrogen) atoms. The summed E-state index contributed by atoms with van der Waals surface area (Å²) in [6, 6.07) is 0. The van der Waals surface area contributed by atoms with Crippen LogP contribution in [0.2, 0.25) is 0 Å². The van der Waals surface area contributed by atoms with Gasteiger partial charge in [0.05, 0.1) is 18.0 Å². The van der Waals surface area contributed by atoms with E-state index in [0.29, 0.717) is 12.3 Å². The van der Waals surface area contributed by atoms with Crippen LogP contribution in [0.5, 0.6) is 0 Å². The summed E-state index contributed by atoms with van der Waals surface area (Å²) < 4.78 is 11.3. The molecule has 8 heteroatoms. The van der Waals surface area contributed by atoms with Crippen molar-refractivity contribution in [1.29, 1.82) is 0 Å². The number of aliphatic hydroxyl groups excluding tert-OH is 1.